The highest BCUT2D eigenvalue weighted by molar-refractivity contribution is 6.39. The average molecular weight is 319 g/mol. The van der Waals surface area contributed by atoms with Gasteiger partial charge in [-0.2, -0.15) is 5.10 Å². The van der Waals surface area contributed by atoms with Crippen molar-refractivity contribution in [2.45, 2.75) is 19.4 Å². The van der Waals surface area contributed by atoms with E-state index in [1.54, 1.807) is 24.3 Å². The Kier molecular flexibility index (Phi) is 5.29. The Morgan fingerprint density at radius 2 is 2.17 bits per heavy atom. The quantitative estimate of drug-likeness (QED) is 0.788. The number of carbonyl (C=O) groups excluding carboxylic acids is 2. The van der Waals surface area contributed by atoms with E-state index >= 15 is 0 Å². The molecule has 0 aromatic heterocycles. The van der Waals surface area contributed by atoms with Crippen LogP contribution in [-0.4, -0.2) is 47.3 Å². The minimum absolute atomic E-state index is 0.121. The number of nitrogens with zero attached hydrogens (tertiary/aromatic N) is 2. The zero-order valence-electron chi connectivity index (χ0n) is 12.6. The highest BCUT2D eigenvalue weighted by Gasteiger charge is 2.21. The molecule has 2 rings (SSSR count). The summed E-state index contributed by atoms with van der Waals surface area (Å²) < 4.78 is 5.08. The fraction of sp³-hybridized carbons (Fsp3) is 0.333. The lowest BCUT2D eigenvalue weighted by Crippen LogP contribution is -2.37. The first kappa shape index (κ1) is 16.5. The SMILES string of the molecule is CN1N=C(C(=O)NCc2cccc(OCC(=O)O)c2)CCC1=O. The van der Waals surface area contributed by atoms with Crippen LogP contribution in [0.4, 0.5) is 0 Å². The summed E-state index contributed by atoms with van der Waals surface area (Å²) in [7, 11) is 1.51. The zero-order chi connectivity index (χ0) is 16.8. The Morgan fingerprint density at radius 3 is 2.87 bits per heavy atom. The number of hydrogen-bond donors (Lipinski definition) is 2. The van der Waals surface area contributed by atoms with Crippen molar-refractivity contribution in [3.8, 4) is 5.75 Å². The second-order valence-corrected chi connectivity index (χ2v) is 4.98. The van der Waals surface area contributed by atoms with Crippen LogP contribution in [0.2, 0.25) is 0 Å². The molecule has 0 radical (unpaired) electrons. The van der Waals surface area contributed by atoms with Gasteiger partial charge in [0.15, 0.2) is 6.61 Å². The fourth-order valence-electron chi connectivity index (χ4n) is 2.01. The second-order valence-electron chi connectivity index (χ2n) is 4.98. The van der Waals surface area contributed by atoms with Crippen molar-refractivity contribution < 1.29 is 24.2 Å². The molecule has 2 amide bonds. The standard InChI is InChI=1S/C15H17N3O5/c1-18-13(19)6-5-12(17-18)15(22)16-8-10-3-2-4-11(7-10)23-9-14(20)21/h2-4,7H,5-6,8-9H2,1H3,(H,16,22)(H,20,21). The van der Waals surface area contributed by atoms with E-state index in [0.717, 1.165) is 5.56 Å². The predicted molar refractivity (Wildman–Crippen MR) is 80.9 cm³/mol. The van der Waals surface area contributed by atoms with Gasteiger partial charge >= 0.3 is 5.97 Å². The average Bonchev–Trinajstić information content (AvgIpc) is 2.53. The molecule has 0 unspecified atom stereocenters. The van der Waals surface area contributed by atoms with Crippen molar-refractivity contribution in [1.82, 2.24) is 10.3 Å². The molecule has 0 atom stereocenters. The summed E-state index contributed by atoms with van der Waals surface area (Å²) in [5.41, 5.74) is 1.08. The number of carbonyl (C=O) groups is 3. The second kappa shape index (κ2) is 7.39. The summed E-state index contributed by atoms with van der Waals surface area (Å²) in [5, 5.41) is 16.4. The number of nitrogens with one attached hydrogen (secondary N) is 1. The van der Waals surface area contributed by atoms with Gasteiger partial charge in [-0.1, -0.05) is 12.1 Å². The molecule has 8 nitrogen and oxygen atoms in total. The summed E-state index contributed by atoms with van der Waals surface area (Å²) in [6.07, 6.45) is 0.581. The van der Waals surface area contributed by atoms with Gasteiger partial charge in [-0.05, 0) is 17.7 Å². The monoisotopic (exact) mass is 319 g/mol. The molecule has 122 valence electrons. The van der Waals surface area contributed by atoms with Gasteiger partial charge in [-0.3, -0.25) is 9.59 Å². The summed E-state index contributed by atoms with van der Waals surface area (Å²) in [6, 6.07) is 6.79. The maximum atomic E-state index is 12.0. The first-order chi connectivity index (χ1) is 11.0. The van der Waals surface area contributed by atoms with Crippen LogP contribution < -0.4 is 10.1 Å². The molecule has 0 spiro atoms. The van der Waals surface area contributed by atoms with Crippen molar-refractivity contribution in [2.75, 3.05) is 13.7 Å². The Balaban J connectivity index is 1.91. The van der Waals surface area contributed by atoms with Crippen molar-refractivity contribution >= 4 is 23.5 Å². The molecule has 0 saturated heterocycles. The van der Waals surface area contributed by atoms with Gasteiger partial charge in [0.1, 0.15) is 11.5 Å². The van der Waals surface area contributed by atoms with Gasteiger partial charge in [0.25, 0.3) is 5.91 Å². The smallest absolute Gasteiger partial charge is 0.341 e. The van der Waals surface area contributed by atoms with Crippen LogP contribution in [0, 0.1) is 0 Å². The van der Waals surface area contributed by atoms with Crippen LogP contribution in [0.1, 0.15) is 18.4 Å². The van der Waals surface area contributed by atoms with E-state index in [1.807, 2.05) is 0 Å². The number of benzene rings is 1. The van der Waals surface area contributed by atoms with E-state index in [0.29, 0.717) is 17.9 Å². The van der Waals surface area contributed by atoms with Gasteiger partial charge in [0.05, 0.1) is 0 Å². The molecule has 0 fully saturated rings. The van der Waals surface area contributed by atoms with Crippen molar-refractivity contribution in [3.63, 3.8) is 0 Å². The van der Waals surface area contributed by atoms with E-state index in [1.165, 1.54) is 12.1 Å². The van der Waals surface area contributed by atoms with Gasteiger partial charge in [-0.25, -0.2) is 9.80 Å². The topological polar surface area (TPSA) is 108 Å². The van der Waals surface area contributed by atoms with Gasteiger partial charge < -0.3 is 15.2 Å². The van der Waals surface area contributed by atoms with Crippen LogP contribution in [0.15, 0.2) is 29.4 Å². The number of ether oxygens (including phenoxy) is 1. The Labute approximate surface area is 132 Å². The Hall–Kier alpha value is -2.90. The van der Waals surface area contributed by atoms with Crippen LogP contribution >= 0.6 is 0 Å². The number of carboxylic acids is 1. The predicted octanol–water partition coefficient (Wildman–Crippen LogP) is 0.374. The molecule has 0 aliphatic carbocycles. The Bertz CT molecular complexity index is 656. The minimum Gasteiger partial charge on any atom is -0.482 e. The van der Waals surface area contributed by atoms with Gasteiger partial charge in [0, 0.05) is 26.4 Å². The summed E-state index contributed by atoms with van der Waals surface area (Å²) in [4.78, 5) is 33.8. The van der Waals surface area contributed by atoms with Crippen LogP contribution in [-0.2, 0) is 20.9 Å². The number of aliphatic carboxylic acids is 1. The third-order valence-corrected chi connectivity index (χ3v) is 3.18. The molecule has 0 saturated carbocycles. The maximum Gasteiger partial charge on any atom is 0.341 e. The Morgan fingerprint density at radius 1 is 1.39 bits per heavy atom. The molecular weight excluding hydrogens is 302 g/mol. The molecule has 1 heterocycles. The highest BCUT2D eigenvalue weighted by Crippen LogP contribution is 2.13. The molecule has 0 bridgehead atoms. The molecule has 8 heteroatoms. The zero-order valence-corrected chi connectivity index (χ0v) is 12.6. The van der Waals surface area contributed by atoms with Crippen molar-refractivity contribution in [2.24, 2.45) is 5.10 Å². The number of carboxylic acid groups (broad SMARTS) is 1. The van der Waals surface area contributed by atoms with Crippen LogP contribution in [0.25, 0.3) is 0 Å². The lowest BCUT2D eigenvalue weighted by Gasteiger charge is -2.18. The summed E-state index contributed by atoms with van der Waals surface area (Å²) in [6.45, 7) is -0.174. The molecular formula is C15H17N3O5. The van der Waals surface area contributed by atoms with Crippen LogP contribution in [0.3, 0.4) is 0 Å². The largest absolute Gasteiger partial charge is 0.482 e. The van der Waals surface area contributed by atoms with Crippen molar-refractivity contribution in [1.29, 1.82) is 0 Å². The summed E-state index contributed by atoms with van der Waals surface area (Å²) in [5.74, 6) is -1.09. The van der Waals surface area contributed by atoms with Gasteiger partial charge in [-0.15, -0.1) is 0 Å². The maximum absolute atomic E-state index is 12.0. The number of rotatable bonds is 6. The molecule has 1 aliphatic heterocycles. The fourth-order valence-corrected chi connectivity index (χ4v) is 2.01. The van der Waals surface area contributed by atoms with E-state index < -0.39 is 12.6 Å². The molecule has 23 heavy (non-hydrogen) atoms. The summed E-state index contributed by atoms with van der Waals surface area (Å²) >= 11 is 0. The van der Waals surface area contributed by atoms with Crippen molar-refractivity contribution in [3.05, 3.63) is 29.8 Å². The van der Waals surface area contributed by atoms with Crippen LogP contribution in [0.5, 0.6) is 5.75 Å². The minimum atomic E-state index is -1.06. The number of amides is 2. The molecule has 1 aliphatic rings. The van der Waals surface area contributed by atoms with E-state index in [-0.39, 0.29) is 24.8 Å². The highest BCUT2D eigenvalue weighted by atomic mass is 16.5. The van der Waals surface area contributed by atoms with E-state index in [2.05, 4.69) is 10.4 Å². The normalized spacial score (nSPS) is 14.2. The number of hydrogen-bond acceptors (Lipinski definition) is 5. The molecule has 1 aromatic rings. The molecule has 2 N–H and O–H groups in total. The van der Waals surface area contributed by atoms with E-state index in [4.69, 9.17) is 9.84 Å². The lowest BCUT2D eigenvalue weighted by molar-refractivity contribution is -0.139. The third kappa shape index (κ3) is 4.80. The van der Waals surface area contributed by atoms with E-state index in [9.17, 15) is 14.4 Å². The lowest BCUT2D eigenvalue weighted by atomic mass is 10.1. The first-order valence-electron chi connectivity index (χ1n) is 7.01. The van der Waals surface area contributed by atoms with Gasteiger partial charge in [0.2, 0.25) is 5.91 Å². The first-order valence-corrected chi connectivity index (χ1v) is 7.01. The third-order valence-electron chi connectivity index (χ3n) is 3.18. The molecule has 1 aromatic carbocycles. The number of hydrazone groups is 1.